The lowest BCUT2D eigenvalue weighted by molar-refractivity contribution is -0.140. The Morgan fingerprint density at radius 1 is 1.38 bits per heavy atom. The Morgan fingerprint density at radius 3 is 2.38 bits per heavy atom. The van der Waals surface area contributed by atoms with Crippen molar-refractivity contribution in [3.63, 3.8) is 0 Å². The number of benzene rings is 1. The molecule has 6 nitrogen and oxygen atoms in total. The van der Waals surface area contributed by atoms with Crippen LogP contribution in [0.1, 0.15) is 31.4 Å². The van der Waals surface area contributed by atoms with E-state index < -0.39 is 38.7 Å². The van der Waals surface area contributed by atoms with Crippen LogP contribution in [-0.4, -0.2) is 25.5 Å². The molecule has 132 valence electrons. The van der Waals surface area contributed by atoms with Crippen molar-refractivity contribution in [2.75, 3.05) is 0 Å². The van der Waals surface area contributed by atoms with Crippen molar-refractivity contribution in [3.8, 4) is 6.07 Å². The summed E-state index contributed by atoms with van der Waals surface area (Å²) in [5, 5.41) is 17.7. The fourth-order valence-electron chi connectivity index (χ4n) is 1.98. The average Bonchev–Trinajstić information content (AvgIpc) is 2.44. The number of halogens is 3. The van der Waals surface area contributed by atoms with Crippen LogP contribution in [0.25, 0.3) is 0 Å². The molecule has 0 fully saturated rings. The van der Waals surface area contributed by atoms with Gasteiger partial charge in [0.25, 0.3) is 0 Å². The highest BCUT2D eigenvalue weighted by Gasteiger charge is 2.38. The third-order valence-corrected chi connectivity index (χ3v) is 4.54. The quantitative estimate of drug-likeness (QED) is 0.806. The van der Waals surface area contributed by atoms with Gasteiger partial charge in [0.05, 0.1) is 22.1 Å². The van der Waals surface area contributed by atoms with Gasteiger partial charge in [-0.1, -0.05) is 13.8 Å². The van der Waals surface area contributed by atoms with Gasteiger partial charge in [-0.3, -0.25) is 4.79 Å². The van der Waals surface area contributed by atoms with Gasteiger partial charge in [0.1, 0.15) is 6.04 Å². The van der Waals surface area contributed by atoms with Crippen LogP contribution >= 0.6 is 0 Å². The monoisotopic (exact) mass is 364 g/mol. The van der Waals surface area contributed by atoms with E-state index in [1.165, 1.54) is 6.07 Å². The van der Waals surface area contributed by atoms with Gasteiger partial charge >= 0.3 is 12.1 Å². The molecule has 1 atom stereocenters. The summed E-state index contributed by atoms with van der Waals surface area (Å²) in [6, 6.07) is 1.90. The Balaban J connectivity index is 3.37. The lowest BCUT2D eigenvalue weighted by Crippen LogP contribution is -2.42. The van der Waals surface area contributed by atoms with Gasteiger partial charge in [-0.05, 0) is 30.5 Å². The van der Waals surface area contributed by atoms with Gasteiger partial charge in [0.15, 0.2) is 0 Å². The minimum absolute atomic E-state index is 0.0911. The molecular weight excluding hydrogens is 349 g/mol. The van der Waals surface area contributed by atoms with Crippen LogP contribution in [0.2, 0.25) is 0 Å². The van der Waals surface area contributed by atoms with E-state index in [9.17, 15) is 26.4 Å². The molecular formula is C14H15F3N2O4S. The molecule has 0 spiro atoms. The summed E-state index contributed by atoms with van der Waals surface area (Å²) in [4.78, 5) is 10.0. The molecule has 0 aliphatic heterocycles. The number of carboxylic acid groups (broad SMARTS) is 1. The molecule has 0 bridgehead atoms. The van der Waals surface area contributed by atoms with Gasteiger partial charge in [0.2, 0.25) is 10.0 Å². The van der Waals surface area contributed by atoms with E-state index in [2.05, 4.69) is 0 Å². The largest absolute Gasteiger partial charge is 0.480 e. The second kappa shape index (κ2) is 7.19. The van der Waals surface area contributed by atoms with Crippen molar-refractivity contribution >= 4 is 16.0 Å². The van der Waals surface area contributed by atoms with Crippen LogP contribution in [-0.2, 0) is 21.0 Å². The number of nitrogens with one attached hydrogen (secondary N) is 1. The zero-order valence-corrected chi connectivity index (χ0v) is 13.6. The molecule has 10 heteroatoms. The van der Waals surface area contributed by atoms with Crippen molar-refractivity contribution in [1.82, 2.24) is 4.72 Å². The molecule has 1 aromatic carbocycles. The summed E-state index contributed by atoms with van der Waals surface area (Å²) in [6.07, 6.45) is -5.11. The van der Waals surface area contributed by atoms with Crippen LogP contribution in [0.5, 0.6) is 0 Å². The predicted molar refractivity (Wildman–Crippen MR) is 77.4 cm³/mol. The van der Waals surface area contributed by atoms with Gasteiger partial charge in [-0.25, -0.2) is 8.42 Å². The first kappa shape index (κ1) is 19.9. The Labute approximate surface area is 137 Å². The number of nitrogens with zero attached hydrogens (tertiary/aromatic N) is 1. The standard InChI is InChI=1S/C14H15F3N2O4S/c1-8(2)5-11(13(20)21)19-24(22,23)12-4-3-9(7-18)6-10(12)14(15,16)17/h3-4,6,8,11,19H,5H2,1-2H3,(H,20,21)/t11-/m0/s1. The number of carbonyl (C=O) groups is 1. The fraction of sp³-hybridized carbons (Fsp3) is 0.429. The van der Waals surface area contributed by atoms with Gasteiger partial charge in [-0.15, -0.1) is 0 Å². The molecule has 1 rings (SSSR count). The number of aliphatic carboxylic acids is 1. The summed E-state index contributed by atoms with van der Waals surface area (Å²) in [5.74, 6) is -1.69. The number of alkyl halides is 3. The fourth-order valence-corrected chi connectivity index (χ4v) is 3.39. The second-order valence-electron chi connectivity index (χ2n) is 5.46. The highest BCUT2D eigenvalue weighted by Crippen LogP contribution is 2.35. The van der Waals surface area contributed by atoms with Crippen LogP contribution in [0.15, 0.2) is 23.1 Å². The molecule has 1 aromatic rings. The van der Waals surface area contributed by atoms with Crippen molar-refractivity contribution in [2.45, 2.75) is 37.4 Å². The number of hydrogen-bond acceptors (Lipinski definition) is 4. The van der Waals surface area contributed by atoms with Crippen LogP contribution in [0.3, 0.4) is 0 Å². The molecule has 0 unspecified atom stereocenters. The topological polar surface area (TPSA) is 107 Å². The smallest absolute Gasteiger partial charge is 0.417 e. The molecule has 0 amide bonds. The van der Waals surface area contributed by atoms with Crippen LogP contribution in [0, 0.1) is 17.2 Å². The van der Waals surface area contributed by atoms with Crippen molar-refractivity contribution in [1.29, 1.82) is 5.26 Å². The zero-order valence-electron chi connectivity index (χ0n) is 12.8. The van der Waals surface area contributed by atoms with E-state index in [0.717, 1.165) is 6.07 Å². The predicted octanol–water partition coefficient (Wildman–Crippen LogP) is 2.35. The molecule has 0 saturated carbocycles. The minimum atomic E-state index is -5.02. The number of sulfonamides is 1. The van der Waals surface area contributed by atoms with E-state index in [-0.39, 0.29) is 17.9 Å². The highest BCUT2D eigenvalue weighted by atomic mass is 32.2. The normalized spacial score (nSPS) is 13.5. The third-order valence-electron chi connectivity index (χ3n) is 3.01. The summed E-state index contributed by atoms with van der Waals surface area (Å²) >= 11 is 0. The Kier molecular flexibility index (Phi) is 5.97. The highest BCUT2D eigenvalue weighted by molar-refractivity contribution is 7.89. The SMILES string of the molecule is CC(C)C[C@H](NS(=O)(=O)c1ccc(C#N)cc1C(F)(F)F)C(=O)O. The summed E-state index contributed by atoms with van der Waals surface area (Å²) < 4.78 is 65.5. The summed E-state index contributed by atoms with van der Waals surface area (Å²) in [5.41, 5.74) is -1.89. The molecule has 24 heavy (non-hydrogen) atoms. The van der Waals surface area contributed by atoms with Crippen molar-refractivity contribution in [3.05, 3.63) is 29.3 Å². The summed E-state index contributed by atoms with van der Waals surface area (Å²) in [7, 11) is -4.75. The number of nitriles is 1. The van der Waals surface area contributed by atoms with E-state index in [1.54, 1.807) is 18.6 Å². The average molecular weight is 364 g/mol. The molecule has 0 aromatic heterocycles. The molecule has 2 N–H and O–H groups in total. The Bertz CT molecular complexity index is 767. The van der Waals surface area contributed by atoms with Crippen molar-refractivity contribution in [2.24, 2.45) is 5.92 Å². The third kappa shape index (κ3) is 4.94. The first-order chi connectivity index (χ1) is 10.9. The van der Waals surface area contributed by atoms with E-state index >= 15 is 0 Å². The lowest BCUT2D eigenvalue weighted by Gasteiger charge is -2.19. The maximum atomic E-state index is 13.1. The van der Waals surface area contributed by atoms with E-state index in [4.69, 9.17) is 10.4 Å². The zero-order chi connectivity index (χ0) is 18.7. The maximum absolute atomic E-state index is 13.1. The number of rotatable bonds is 6. The van der Waals surface area contributed by atoms with E-state index in [1.807, 2.05) is 0 Å². The van der Waals surface area contributed by atoms with Gasteiger partial charge < -0.3 is 5.11 Å². The number of hydrogen-bond donors (Lipinski definition) is 2. The number of carboxylic acids is 1. The second-order valence-corrected chi connectivity index (χ2v) is 7.14. The van der Waals surface area contributed by atoms with Gasteiger partial charge in [-0.2, -0.15) is 23.2 Å². The Morgan fingerprint density at radius 2 is 1.96 bits per heavy atom. The first-order valence-corrected chi connectivity index (χ1v) is 8.23. The molecule has 0 radical (unpaired) electrons. The first-order valence-electron chi connectivity index (χ1n) is 6.75. The van der Waals surface area contributed by atoms with E-state index in [0.29, 0.717) is 12.1 Å². The van der Waals surface area contributed by atoms with Crippen molar-refractivity contribution < 1.29 is 31.5 Å². The summed E-state index contributed by atoms with van der Waals surface area (Å²) in [6.45, 7) is 3.29. The molecule has 0 aliphatic rings. The molecule has 0 aliphatic carbocycles. The maximum Gasteiger partial charge on any atom is 0.417 e. The lowest BCUT2D eigenvalue weighted by atomic mass is 10.1. The van der Waals surface area contributed by atoms with Gasteiger partial charge in [0, 0.05) is 0 Å². The molecule has 0 heterocycles. The van der Waals surface area contributed by atoms with Crippen LogP contribution in [0.4, 0.5) is 13.2 Å². The van der Waals surface area contributed by atoms with Crippen LogP contribution < -0.4 is 4.72 Å². The Hall–Kier alpha value is -2.12. The molecule has 0 saturated heterocycles. The minimum Gasteiger partial charge on any atom is -0.480 e.